The van der Waals surface area contributed by atoms with E-state index in [1.807, 2.05) is 5.92 Å². The van der Waals surface area contributed by atoms with Crippen molar-refractivity contribution in [2.24, 2.45) is 5.73 Å². The van der Waals surface area contributed by atoms with E-state index < -0.39 is 18.0 Å². The van der Waals surface area contributed by atoms with Crippen LogP contribution in [0.15, 0.2) is 24.3 Å². The smallest absolute Gasteiger partial charge is 0.404 e. The average Bonchev–Trinajstić information content (AvgIpc) is 2.14. The van der Waals surface area contributed by atoms with Gasteiger partial charge in [0.05, 0.1) is 5.56 Å². The van der Waals surface area contributed by atoms with Gasteiger partial charge in [-0.25, -0.2) is 0 Å². The fourth-order valence-corrected chi connectivity index (χ4v) is 0.913. The van der Waals surface area contributed by atoms with Crippen molar-refractivity contribution < 1.29 is 22.7 Å². The first-order chi connectivity index (χ1) is 7.38. The van der Waals surface area contributed by atoms with Gasteiger partial charge < -0.3 is 10.5 Å². The van der Waals surface area contributed by atoms with E-state index in [-0.39, 0.29) is 5.56 Å². The second kappa shape index (κ2) is 4.57. The molecule has 0 heterocycles. The minimum atomic E-state index is -4.80. The van der Waals surface area contributed by atoms with Gasteiger partial charge in [0.2, 0.25) is 0 Å². The zero-order valence-electron chi connectivity index (χ0n) is 7.84. The van der Waals surface area contributed by atoms with Crippen molar-refractivity contribution in [1.82, 2.24) is 0 Å². The molecule has 1 aromatic rings. The molecule has 84 valence electrons. The summed E-state index contributed by atoms with van der Waals surface area (Å²) in [4.78, 5) is 10.4. The number of alkyl halides is 3. The van der Waals surface area contributed by atoms with Crippen molar-refractivity contribution in [3.05, 3.63) is 29.8 Å². The number of nitrogens with two attached hydrogens (primary N) is 1. The number of carbonyl (C=O) groups is 1. The highest BCUT2D eigenvalue weighted by Gasteiger charge is 2.31. The summed E-state index contributed by atoms with van der Waals surface area (Å²) in [6.45, 7) is 0. The molecule has 0 fully saturated rings. The van der Waals surface area contributed by atoms with E-state index in [0.717, 1.165) is 6.07 Å². The number of primary amides is 1. The quantitative estimate of drug-likeness (QED) is 0.740. The Morgan fingerprint density at radius 2 is 1.94 bits per heavy atom. The van der Waals surface area contributed by atoms with Crippen LogP contribution in [0, 0.1) is 11.8 Å². The molecule has 0 saturated heterocycles. The molecule has 0 bridgehead atoms. The molecule has 1 amide bonds. The summed E-state index contributed by atoms with van der Waals surface area (Å²) in [5.74, 6) is 2.72. The van der Waals surface area contributed by atoms with Crippen molar-refractivity contribution in [2.75, 3.05) is 0 Å². The lowest BCUT2D eigenvalue weighted by Crippen LogP contribution is -2.17. The highest BCUT2D eigenvalue weighted by atomic mass is 19.4. The van der Waals surface area contributed by atoms with E-state index >= 15 is 0 Å². The molecular weight excluding hydrogens is 223 g/mol. The van der Waals surface area contributed by atoms with Gasteiger partial charge in [-0.1, -0.05) is 18.1 Å². The normalized spacial score (nSPS) is 10.2. The number of ether oxygens (including phenoxy) is 1. The minimum Gasteiger partial charge on any atom is -0.404 e. The topological polar surface area (TPSA) is 52.3 Å². The van der Waals surface area contributed by atoms with E-state index in [9.17, 15) is 18.0 Å². The maximum Gasteiger partial charge on any atom is 0.573 e. The van der Waals surface area contributed by atoms with Crippen LogP contribution < -0.4 is 10.5 Å². The van der Waals surface area contributed by atoms with Crippen molar-refractivity contribution >= 4 is 5.91 Å². The molecule has 0 saturated carbocycles. The van der Waals surface area contributed by atoms with E-state index in [2.05, 4.69) is 10.7 Å². The van der Waals surface area contributed by atoms with Crippen LogP contribution in [0.1, 0.15) is 5.56 Å². The Balaban J connectivity index is 3.03. The summed E-state index contributed by atoms with van der Waals surface area (Å²) >= 11 is 0. The standard InChI is InChI=1S/C10H6F3NO2/c11-10(12,13)16-8-4-2-1-3-7(8)5-6-9(14)15/h1-4H,(H2,14,15). The molecule has 3 nitrogen and oxygen atoms in total. The molecule has 0 spiro atoms. The first kappa shape index (κ1) is 11.9. The summed E-state index contributed by atoms with van der Waals surface area (Å²) in [5.41, 5.74) is 4.69. The van der Waals surface area contributed by atoms with Gasteiger partial charge in [-0.3, -0.25) is 4.79 Å². The zero-order valence-corrected chi connectivity index (χ0v) is 7.84. The molecule has 2 N–H and O–H groups in total. The van der Waals surface area contributed by atoms with Gasteiger partial charge in [-0.2, -0.15) is 0 Å². The van der Waals surface area contributed by atoms with Crippen molar-refractivity contribution in [1.29, 1.82) is 0 Å². The molecule has 0 atom stereocenters. The fourth-order valence-electron chi connectivity index (χ4n) is 0.913. The Hall–Kier alpha value is -2.16. The van der Waals surface area contributed by atoms with Gasteiger partial charge in [-0.05, 0) is 12.1 Å². The van der Waals surface area contributed by atoms with Crippen LogP contribution in [0.5, 0.6) is 5.75 Å². The molecule has 1 rings (SSSR count). The van der Waals surface area contributed by atoms with E-state index in [4.69, 9.17) is 5.73 Å². The predicted octanol–water partition coefficient (Wildman–Crippen LogP) is 1.42. The van der Waals surface area contributed by atoms with Crippen LogP contribution in [0.2, 0.25) is 0 Å². The number of carbonyl (C=O) groups excluding carboxylic acids is 1. The highest BCUT2D eigenvalue weighted by molar-refractivity contribution is 5.92. The van der Waals surface area contributed by atoms with Gasteiger partial charge in [0.1, 0.15) is 5.75 Å². The van der Waals surface area contributed by atoms with Gasteiger partial charge in [-0.15, -0.1) is 13.2 Å². The largest absolute Gasteiger partial charge is 0.573 e. The third-order valence-corrected chi connectivity index (χ3v) is 1.43. The molecule has 16 heavy (non-hydrogen) atoms. The summed E-state index contributed by atoms with van der Waals surface area (Å²) in [7, 11) is 0. The average molecular weight is 229 g/mol. The lowest BCUT2D eigenvalue weighted by molar-refractivity contribution is -0.274. The lowest BCUT2D eigenvalue weighted by atomic mass is 10.2. The number of hydrogen-bond donors (Lipinski definition) is 1. The third-order valence-electron chi connectivity index (χ3n) is 1.43. The van der Waals surface area contributed by atoms with Crippen LogP contribution in [0.25, 0.3) is 0 Å². The SMILES string of the molecule is NC(=O)C#Cc1ccccc1OC(F)(F)F. The molecule has 0 aliphatic rings. The Morgan fingerprint density at radius 3 is 2.50 bits per heavy atom. The second-order valence-corrected chi connectivity index (χ2v) is 2.66. The summed E-state index contributed by atoms with van der Waals surface area (Å²) < 4.78 is 39.6. The molecule has 6 heteroatoms. The van der Waals surface area contributed by atoms with E-state index in [0.29, 0.717) is 0 Å². The number of hydrogen-bond acceptors (Lipinski definition) is 2. The van der Waals surface area contributed by atoms with Crippen molar-refractivity contribution in [3.8, 4) is 17.6 Å². The first-order valence-corrected chi connectivity index (χ1v) is 4.05. The monoisotopic (exact) mass is 229 g/mol. The molecular formula is C10H6F3NO2. The first-order valence-electron chi connectivity index (χ1n) is 4.05. The fraction of sp³-hybridized carbons (Fsp3) is 0.100. The predicted molar refractivity (Wildman–Crippen MR) is 49.2 cm³/mol. The molecule has 0 aliphatic carbocycles. The Bertz CT molecular complexity index is 457. The van der Waals surface area contributed by atoms with E-state index in [1.54, 1.807) is 0 Å². The summed E-state index contributed by atoms with van der Waals surface area (Å²) in [6.07, 6.45) is -4.80. The van der Waals surface area contributed by atoms with Gasteiger partial charge in [0.15, 0.2) is 0 Å². The third kappa shape index (κ3) is 3.92. The minimum absolute atomic E-state index is 0.0568. The Kier molecular flexibility index (Phi) is 3.40. The van der Waals surface area contributed by atoms with Crippen LogP contribution >= 0.6 is 0 Å². The highest BCUT2D eigenvalue weighted by Crippen LogP contribution is 2.25. The molecule has 0 aromatic heterocycles. The summed E-state index contributed by atoms with van der Waals surface area (Å²) in [5, 5.41) is 0. The van der Waals surface area contributed by atoms with Gasteiger partial charge in [0, 0.05) is 5.92 Å². The molecule has 0 radical (unpaired) electrons. The molecule has 1 aromatic carbocycles. The van der Waals surface area contributed by atoms with E-state index in [1.165, 1.54) is 18.2 Å². The van der Waals surface area contributed by atoms with Crippen LogP contribution in [0.4, 0.5) is 13.2 Å². The van der Waals surface area contributed by atoms with Crippen LogP contribution in [-0.2, 0) is 4.79 Å². The Morgan fingerprint density at radius 1 is 1.31 bits per heavy atom. The van der Waals surface area contributed by atoms with Gasteiger partial charge >= 0.3 is 6.36 Å². The maximum absolute atomic E-state index is 12.0. The number of benzene rings is 1. The number of halogens is 3. The number of amides is 1. The molecule has 0 unspecified atom stereocenters. The maximum atomic E-state index is 12.0. The second-order valence-electron chi connectivity index (χ2n) is 2.66. The lowest BCUT2D eigenvalue weighted by Gasteiger charge is -2.09. The van der Waals surface area contributed by atoms with Crippen molar-refractivity contribution in [3.63, 3.8) is 0 Å². The summed E-state index contributed by atoms with van der Waals surface area (Å²) in [6, 6.07) is 5.21. The van der Waals surface area contributed by atoms with Crippen molar-refractivity contribution in [2.45, 2.75) is 6.36 Å². The molecule has 0 aliphatic heterocycles. The van der Waals surface area contributed by atoms with Gasteiger partial charge in [0.25, 0.3) is 5.91 Å². The number of rotatable bonds is 1. The Labute approximate surface area is 89.0 Å². The van der Waals surface area contributed by atoms with Crippen LogP contribution in [0.3, 0.4) is 0 Å². The number of para-hydroxylation sites is 1. The van der Waals surface area contributed by atoms with Crippen LogP contribution in [-0.4, -0.2) is 12.3 Å². The zero-order chi connectivity index (χ0) is 12.2.